The summed E-state index contributed by atoms with van der Waals surface area (Å²) in [5.74, 6) is 0. The van der Waals surface area contributed by atoms with Gasteiger partial charge >= 0.3 is 0 Å². The van der Waals surface area contributed by atoms with Crippen molar-refractivity contribution in [3.63, 3.8) is 0 Å². The van der Waals surface area contributed by atoms with E-state index in [0.717, 1.165) is 16.6 Å². The summed E-state index contributed by atoms with van der Waals surface area (Å²) in [7, 11) is 1.88. The molecule has 102 valence electrons. The zero-order valence-electron chi connectivity index (χ0n) is 11.6. The molecule has 0 atom stereocenters. The normalized spacial score (nSPS) is 10.6. The Morgan fingerprint density at radius 2 is 1.74 bits per heavy atom. The summed E-state index contributed by atoms with van der Waals surface area (Å²) in [6.45, 7) is 2.13. The predicted molar refractivity (Wildman–Crippen MR) is 81.9 cm³/mol. The predicted octanol–water partition coefficient (Wildman–Crippen LogP) is 3.84. The third-order valence-electron chi connectivity index (χ3n) is 3.16. The summed E-state index contributed by atoms with van der Waals surface area (Å²) in [4.78, 5) is 0. The van der Waals surface area contributed by atoms with Crippen molar-refractivity contribution in [2.75, 3.05) is 12.4 Å². The Morgan fingerprint density at radius 3 is 2.42 bits per heavy atom. The van der Waals surface area contributed by atoms with Gasteiger partial charge in [-0.15, -0.1) is 10.2 Å². The Kier molecular flexibility index (Phi) is 5.33. The van der Waals surface area contributed by atoms with Crippen LogP contribution in [0.5, 0.6) is 0 Å². The molecule has 0 saturated carbocycles. The van der Waals surface area contributed by atoms with Crippen molar-refractivity contribution in [2.45, 2.75) is 39.0 Å². The first-order chi connectivity index (χ1) is 9.28. The van der Waals surface area contributed by atoms with Crippen molar-refractivity contribution in [1.82, 2.24) is 10.2 Å². The molecule has 1 N–H and O–H groups in total. The number of aryl methyl sites for hydroxylation is 3. The van der Waals surface area contributed by atoms with Crippen LogP contribution < -0.4 is 5.32 Å². The van der Waals surface area contributed by atoms with Crippen LogP contribution in [0.15, 0.2) is 24.3 Å². The van der Waals surface area contributed by atoms with E-state index in [1.54, 1.807) is 11.3 Å². The van der Waals surface area contributed by atoms with Crippen LogP contribution in [0.1, 0.15) is 35.4 Å². The largest absolute Gasteiger partial charge is 0.363 e. The smallest absolute Gasteiger partial charge is 0.205 e. The molecule has 0 aliphatic rings. The van der Waals surface area contributed by atoms with E-state index in [0.29, 0.717) is 0 Å². The van der Waals surface area contributed by atoms with E-state index in [2.05, 4.69) is 46.7 Å². The standard InChI is InChI=1S/C15H21N3S/c1-12-8-10-13(11-9-12)6-4-3-5-7-14-17-18-15(16-2)19-14/h8-11H,3-7H2,1-2H3,(H,16,18). The van der Waals surface area contributed by atoms with E-state index in [1.165, 1.54) is 36.8 Å². The number of benzene rings is 1. The number of unbranched alkanes of at least 4 members (excludes halogenated alkanes) is 2. The molecular weight excluding hydrogens is 254 g/mol. The van der Waals surface area contributed by atoms with Gasteiger partial charge in [-0.05, 0) is 31.7 Å². The minimum absolute atomic E-state index is 0.912. The van der Waals surface area contributed by atoms with Gasteiger partial charge in [-0.3, -0.25) is 0 Å². The quantitative estimate of drug-likeness (QED) is 0.780. The Balaban J connectivity index is 1.63. The lowest BCUT2D eigenvalue weighted by Gasteiger charge is -2.01. The Bertz CT molecular complexity index is 490. The van der Waals surface area contributed by atoms with Crippen LogP contribution in [-0.2, 0) is 12.8 Å². The molecule has 0 bridgehead atoms. The van der Waals surface area contributed by atoms with Crippen molar-refractivity contribution < 1.29 is 0 Å². The number of aromatic nitrogens is 2. The highest BCUT2D eigenvalue weighted by Crippen LogP contribution is 2.17. The summed E-state index contributed by atoms with van der Waals surface area (Å²) >= 11 is 1.66. The molecular formula is C15H21N3S. The van der Waals surface area contributed by atoms with E-state index in [4.69, 9.17) is 0 Å². The third kappa shape index (κ3) is 4.63. The van der Waals surface area contributed by atoms with Crippen molar-refractivity contribution in [3.05, 3.63) is 40.4 Å². The highest BCUT2D eigenvalue weighted by molar-refractivity contribution is 7.15. The maximum Gasteiger partial charge on any atom is 0.205 e. The van der Waals surface area contributed by atoms with Crippen molar-refractivity contribution >= 4 is 16.5 Å². The lowest BCUT2D eigenvalue weighted by atomic mass is 10.1. The lowest BCUT2D eigenvalue weighted by Crippen LogP contribution is -1.89. The summed E-state index contributed by atoms with van der Waals surface area (Å²) in [5, 5.41) is 13.3. The van der Waals surface area contributed by atoms with Gasteiger partial charge in [-0.25, -0.2) is 0 Å². The average Bonchev–Trinajstić information content (AvgIpc) is 2.88. The molecule has 0 spiro atoms. The lowest BCUT2D eigenvalue weighted by molar-refractivity contribution is 0.674. The van der Waals surface area contributed by atoms with E-state index in [1.807, 2.05) is 7.05 Å². The molecule has 19 heavy (non-hydrogen) atoms. The topological polar surface area (TPSA) is 37.8 Å². The van der Waals surface area contributed by atoms with Crippen LogP contribution in [0.25, 0.3) is 0 Å². The highest BCUT2D eigenvalue weighted by atomic mass is 32.1. The van der Waals surface area contributed by atoms with Crippen molar-refractivity contribution in [2.24, 2.45) is 0 Å². The Morgan fingerprint density at radius 1 is 1.00 bits per heavy atom. The molecule has 4 heteroatoms. The zero-order chi connectivity index (χ0) is 13.5. The van der Waals surface area contributed by atoms with Gasteiger partial charge < -0.3 is 5.32 Å². The van der Waals surface area contributed by atoms with Crippen LogP contribution in [0.3, 0.4) is 0 Å². The molecule has 1 aromatic heterocycles. The third-order valence-corrected chi connectivity index (χ3v) is 4.16. The number of nitrogens with one attached hydrogen (secondary N) is 1. The molecule has 0 unspecified atom stereocenters. The maximum atomic E-state index is 4.16. The molecule has 0 aliphatic heterocycles. The molecule has 1 aromatic carbocycles. The second kappa shape index (κ2) is 7.24. The second-order valence-electron chi connectivity index (χ2n) is 4.80. The summed E-state index contributed by atoms with van der Waals surface area (Å²) in [5.41, 5.74) is 2.78. The van der Waals surface area contributed by atoms with Crippen molar-refractivity contribution in [1.29, 1.82) is 0 Å². The monoisotopic (exact) mass is 275 g/mol. The van der Waals surface area contributed by atoms with Crippen LogP contribution >= 0.6 is 11.3 Å². The highest BCUT2D eigenvalue weighted by Gasteiger charge is 2.02. The van der Waals surface area contributed by atoms with E-state index in [9.17, 15) is 0 Å². The Labute approximate surface area is 119 Å². The SMILES string of the molecule is CNc1nnc(CCCCCc2ccc(C)cc2)s1. The maximum absolute atomic E-state index is 4.16. The number of hydrogen-bond acceptors (Lipinski definition) is 4. The van der Waals surface area contributed by atoms with E-state index in [-0.39, 0.29) is 0 Å². The number of nitrogens with zero attached hydrogens (tertiary/aromatic N) is 2. The molecule has 1 heterocycles. The second-order valence-corrected chi connectivity index (χ2v) is 5.86. The molecule has 3 nitrogen and oxygen atoms in total. The summed E-state index contributed by atoms with van der Waals surface area (Å²) in [6.07, 6.45) is 5.93. The number of rotatable bonds is 7. The summed E-state index contributed by atoms with van der Waals surface area (Å²) < 4.78 is 0. The van der Waals surface area contributed by atoms with Gasteiger partial charge in [0.05, 0.1) is 0 Å². The van der Waals surface area contributed by atoms with Gasteiger partial charge in [-0.1, -0.05) is 47.6 Å². The first-order valence-corrected chi connectivity index (χ1v) is 7.65. The summed E-state index contributed by atoms with van der Waals surface area (Å²) in [6, 6.07) is 8.85. The van der Waals surface area contributed by atoms with Gasteiger partial charge in [0, 0.05) is 13.5 Å². The molecule has 0 amide bonds. The fourth-order valence-electron chi connectivity index (χ4n) is 1.99. The van der Waals surface area contributed by atoms with Crippen LogP contribution in [-0.4, -0.2) is 17.2 Å². The van der Waals surface area contributed by atoms with Crippen molar-refractivity contribution in [3.8, 4) is 0 Å². The van der Waals surface area contributed by atoms with E-state index >= 15 is 0 Å². The first kappa shape index (κ1) is 14.0. The van der Waals surface area contributed by atoms with Crippen LogP contribution in [0.2, 0.25) is 0 Å². The zero-order valence-corrected chi connectivity index (χ0v) is 12.5. The number of anilines is 1. The molecule has 0 radical (unpaired) electrons. The van der Waals surface area contributed by atoms with Gasteiger partial charge in [0.1, 0.15) is 5.01 Å². The Hall–Kier alpha value is -1.42. The van der Waals surface area contributed by atoms with Crippen LogP contribution in [0, 0.1) is 6.92 Å². The molecule has 2 rings (SSSR count). The van der Waals surface area contributed by atoms with Gasteiger partial charge in [0.2, 0.25) is 5.13 Å². The van der Waals surface area contributed by atoms with Gasteiger partial charge in [0.15, 0.2) is 0 Å². The number of hydrogen-bond donors (Lipinski definition) is 1. The molecule has 2 aromatic rings. The molecule has 0 saturated heterocycles. The van der Waals surface area contributed by atoms with E-state index < -0.39 is 0 Å². The average molecular weight is 275 g/mol. The molecule has 0 fully saturated rings. The first-order valence-electron chi connectivity index (χ1n) is 6.83. The molecule has 0 aliphatic carbocycles. The van der Waals surface area contributed by atoms with Crippen LogP contribution in [0.4, 0.5) is 5.13 Å². The fourth-order valence-corrected chi connectivity index (χ4v) is 2.73. The fraction of sp³-hybridized carbons (Fsp3) is 0.467. The minimum atomic E-state index is 0.912. The van der Waals surface area contributed by atoms with Gasteiger partial charge in [-0.2, -0.15) is 0 Å². The minimum Gasteiger partial charge on any atom is -0.363 e. The van der Waals surface area contributed by atoms with Gasteiger partial charge in [0.25, 0.3) is 0 Å².